The monoisotopic (exact) mass is 436 g/mol. The molecule has 0 fully saturated rings. The topological polar surface area (TPSA) is 81.8 Å². The molecule has 3 aromatic carbocycles. The summed E-state index contributed by atoms with van der Waals surface area (Å²) in [4.78, 5) is 9.46. The highest BCUT2D eigenvalue weighted by Gasteiger charge is 2.33. The summed E-state index contributed by atoms with van der Waals surface area (Å²) in [5.41, 5.74) is 5.52. The van der Waals surface area contributed by atoms with Crippen LogP contribution < -0.4 is 9.47 Å². The van der Waals surface area contributed by atoms with Gasteiger partial charge in [0.2, 0.25) is 5.88 Å². The molecule has 0 amide bonds. The lowest BCUT2D eigenvalue weighted by molar-refractivity contribution is 0.414. The van der Waals surface area contributed by atoms with E-state index in [-0.39, 0.29) is 11.7 Å². The fourth-order valence-corrected chi connectivity index (χ4v) is 4.38. The van der Waals surface area contributed by atoms with Crippen LogP contribution in [0.2, 0.25) is 0 Å². The molecule has 5 aromatic rings. The molecule has 33 heavy (non-hydrogen) atoms. The van der Waals surface area contributed by atoms with Gasteiger partial charge in [-0.15, -0.1) is 5.10 Å². The smallest absolute Gasteiger partial charge is 0.228 e. The van der Waals surface area contributed by atoms with Crippen molar-refractivity contribution in [3.63, 3.8) is 0 Å². The van der Waals surface area contributed by atoms with Crippen molar-refractivity contribution in [2.45, 2.75) is 12.8 Å². The minimum atomic E-state index is -0.208. The van der Waals surface area contributed by atoms with Crippen molar-refractivity contribution in [3.8, 4) is 34.5 Å². The summed E-state index contributed by atoms with van der Waals surface area (Å²) in [7, 11) is 1.65. The molecule has 2 aromatic heterocycles. The van der Waals surface area contributed by atoms with Gasteiger partial charge in [-0.1, -0.05) is 42.5 Å². The maximum absolute atomic E-state index is 10.0. The van der Waals surface area contributed by atoms with E-state index in [1.165, 1.54) is 0 Å². The number of phenolic OH excluding ortho intramolecular Hbond substituents is 1. The summed E-state index contributed by atoms with van der Waals surface area (Å²) in [6, 6.07) is 21.1. The maximum atomic E-state index is 10.0. The van der Waals surface area contributed by atoms with Crippen LogP contribution in [-0.4, -0.2) is 31.8 Å². The lowest BCUT2D eigenvalue weighted by atomic mass is 9.84. The standard InChI is InChI=1S/C26H20N4O3/c1-15-5-3-4-6-19(15)24-28-25-23-22(16-7-10-18(32-2)11-8-16)20-12-9-17(31)13-21(20)33-26(23)27-14-30(25)29-24/h3-14,22,31H,1-2H3/t22-/m1/s1. The third-order valence-electron chi connectivity index (χ3n) is 6.03. The van der Waals surface area contributed by atoms with Gasteiger partial charge < -0.3 is 14.6 Å². The predicted octanol–water partition coefficient (Wildman–Crippen LogP) is 5.10. The molecule has 0 aliphatic carbocycles. The summed E-state index contributed by atoms with van der Waals surface area (Å²) < 4.78 is 13.2. The number of phenols is 1. The number of ether oxygens (including phenoxy) is 2. The van der Waals surface area contributed by atoms with Crippen molar-refractivity contribution in [1.29, 1.82) is 0 Å². The number of aromatic hydroxyl groups is 1. The van der Waals surface area contributed by atoms with Crippen LogP contribution in [0, 0.1) is 6.92 Å². The summed E-state index contributed by atoms with van der Waals surface area (Å²) in [6.07, 6.45) is 1.61. The summed E-state index contributed by atoms with van der Waals surface area (Å²) in [5, 5.41) is 14.8. The van der Waals surface area contributed by atoms with E-state index >= 15 is 0 Å². The second-order valence-electron chi connectivity index (χ2n) is 8.01. The summed E-state index contributed by atoms with van der Waals surface area (Å²) >= 11 is 0. The van der Waals surface area contributed by atoms with Gasteiger partial charge in [0.15, 0.2) is 11.5 Å². The molecule has 3 heterocycles. The largest absolute Gasteiger partial charge is 0.508 e. The number of rotatable bonds is 3. The quantitative estimate of drug-likeness (QED) is 0.416. The number of methoxy groups -OCH3 is 1. The average molecular weight is 436 g/mol. The van der Waals surface area contributed by atoms with Gasteiger partial charge >= 0.3 is 0 Å². The Bertz CT molecular complexity index is 1510. The third kappa shape index (κ3) is 3.09. The Morgan fingerprint density at radius 3 is 2.64 bits per heavy atom. The van der Waals surface area contributed by atoms with Crippen molar-refractivity contribution < 1.29 is 14.6 Å². The van der Waals surface area contributed by atoms with Crippen LogP contribution in [-0.2, 0) is 0 Å². The van der Waals surface area contributed by atoms with Gasteiger partial charge in [0.1, 0.15) is 23.6 Å². The molecule has 0 saturated heterocycles. The van der Waals surface area contributed by atoms with Crippen molar-refractivity contribution in [1.82, 2.24) is 19.6 Å². The fourth-order valence-electron chi connectivity index (χ4n) is 4.38. The van der Waals surface area contributed by atoms with E-state index in [1.807, 2.05) is 61.5 Å². The third-order valence-corrected chi connectivity index (χ3v) is 6.03. The molecular weight excluding hydrogens is 416 g/mol. The van der Waals surface area contributed by atoms with Gasteiger partial charge in [-0.05, 0) is 36.2 Å². The number of hydrogen-bond acceptors (Lipinski definition) is 6. The molecule has 1 N–H and O–H groups in total. The molecule has 7 heteroatoms. The first-order chi connectivity index (χ1) is 16.1. The van der Waals surface area contributed by atoms with Crippen LogP contribution in [0.25, 0.3) is 17.0 Å². The van der Waals surface area contributed by atoms with Gasteiger partial charge in [0.05, 0.1) is 12.7 Å². The van der Waals surface area contributed by atoms with Crippen LogP contribution in [0.4, 0.5) is 0 Å². The number of benzene rings is 3. The average Bonchev–Trinajstić information content (AvgIpc) is 3.27. The number of aryl methyl sites for hydroxylation is 1. The van der Waals surface area contributed by atoms with E-state index in [9.17, 15) is 5.11 Å². The molecule has 0 saturated carbocycles. The van der Waals surface area contributed by atoms with Gasteiger partial charge in [-0.25, -0.2) is 14.5 Å². The second kappa shape index (κ2) is 7.34. The van der Waals surface area contributed by atoms with E-state index in [0.29, 0.717) is 23.1 Å². The molecule has 1 aliphatic heterocycles. The van der Waals surface area contributed by atoms with Gasteiger partial charge in [0.25, 0.3) is 0 Å². The Kier molecular flexibility index (Phi) is 4.29. The van der Waals surface area contributed by atoms with E-state index < -0.39 is 0 Å². The van der Waals surface area contributed by atoms with Crippen LogP contribution >= 0.6 is 0 Å². The van der Waals surface area contributed by atoms with Crippen molar-refractivity contribution in [3.05, 3.63) is 95.3 Å². The molecule has 1 atom stereocenters. The highest BCUT2D eigenvalue weighted by molar-refractivity contribution is 5.69. The Morgan fingerprint density at radius 1 is 1.03 bits per heavy atom. The first-order valence-corrected chi connectivity index (χ1v) is 10.6. The fraction of sp³-hybridized carbons (Fsp3) is 0.115. The second-order valence-corrected chi connectivity index (χ2v) is 8.01. The Labute approximate surface area is 189 Å². The minimum Gasteiger partial charge on any atom is -0.508 e. The Morgan fingerprint density at radius 2 is 1.85 bits per heavy atom. The van der Waals surface area contributed by atoms with Gasteiger partial charge in [0, 0.05) is 23.1 Å². The van der Waals surface area contributed by atoms with Crippen molar-refractivity contribution >= 4 is 5.65 Å². The zero-order valence-corrected chi connectivity index (χ0v) is 18.1. The number of fused-ring (bicyclic) bond motifs is 4. The van der Waals surface area contributed by atoms with Gasteiger partial charge in [-0.3, -0.25) is 0 Å². The molecule has 7 nitrogen and oxygen atoms in total. The van der Waals surface area contributed by atoms with Crippen LogP contribution in [0.1, 0.15) is 28.2 Å². The van der Waals surface area contributed by atoms with Crippen molar-refractivity contribution in [2.75, 3.05) is 7.11 Å². The van der Waals surface area contributed by atoms with E-state index in [2.05, 4.69) is 4.98 Å². The van der Waals surface area contributed by atoms with E-state index in [4.69, 9.17) is 19.6 Å². The zero-order chi connectivity index (χ0) is 22.5. The highest BCUT2D eigenvalue weighted by atomic mass is 16.5. The molecule has 0 spiro atoms. The molecular formula is C26H20N4O3. The van der Waals surface area contributed by atoms with Crippen LogP contribution in [0.15, 0.2) is 73.1 Å². The summed E-state index contributed by atoms with van der Waals surface area (Å²) in [6.45, 7) is 2.04. The lowest BCUT2D eigenvalue weighted by Gasteiger charge is -2.28. The number of hydrogen-bond donors (Lipinski definition) is 1. The molecule has 0 radical (unpaired) electrons. The van der Waals surface area contributed by atoms with Crippen LogP contribution in [0.3, 0.4) is 0 Å². The normalized spacial score (nSPS) is 14.4. The summed E-state index contributed by atoms with van der Waals surface area (Å²) in [5.74, 6) is 2.35. The molecule has 6 rings (SSSR count). The van der Waals surface area contributed by atoms with Gasteiger partial charge in [-0.2, -0.15) is 0 Å². The number of aromatic nitrogens is 4. The maximum Gasteiger partial charge on any atom is 0.228 e. The highest BCUT2D eigenvalue weighted by Crippen LogP contribution is 2.48. The molecule has 0 bridgehead atoms. The molecule has 1 aliphatic rings. The zero-order valence-electron chi connectivity index (χ0n) is 18.1. The first-order valence-electron chi connectivity index (χ1n) is 10.6. The van der Waals surface area contributed by atoms with Crippen LogP contribution in [0.5, 0.6) is 23.1 Å². The predicted molar refractivity (Wildman–Crippen MR) is 123 cm³/mol. The molecule has 162 valence electrons. The first kappa shape index (κ1) is 19.3. The van der Waals surface area contributed by atoms with E-state index in [0.717, 1.165) is 33.6 Å². The SMILES string of the molecule is COc1ccc([C@@H]2c3ccc(O)cc3Oc3ncn4nc(-c5ccccc5C)nc4c32)cc1. The molecule has 0 unspecified atom stereocenters. The Hall–Kier alpha value is -4.39. The van der Waals surface area contributed by atoms with E-state index in [1.54, 1.807) is 30.1 Å². The minimum absolute atomic E-state index is 0.135. The Balaban J connectivity index is 1.60. The van der Waals surface area contributed by atoms with Crippen molar-refractivity contribution in [2.24, 2.45) is 0 Å². The lowest BCUT2D eigenvalue weighted by Crippen LogP contribution is -2.15. The number of nitrogens with zero attached hydrogens (tertiary/aromatic N) is 4.